The van der Waals surface area contributed by atoms with Crippen LogP contribution in [0.4, 0.5) is 16.2 Å². The number of hydrogen-bond donors (Lipinski definition) is 3. The van der Waals surface area contributed by atoms with Gasteiger partial charge in [0, 0.05) is 5.69 Å². The van der Waals surface area contributed by atoms with Gasteiger partial charge in [-0.1, -0.05) is 54.6 Å². The highest BCUT2D eigenvalue weighted by Gasteiger charge is 2.49. The van der Waals surface area contributed by atoms with Crippen LogP contribution in [0.1, 0.15) is 18.1 Å². The predicted molar refractivity (Wildman–Crippen MR) is 131 cm³/mol. The summed E-state index contributed by atoms with van der Waals surface area (Å²) < 4.78 is 27.9. The summed E-state index contributed by atoms with van der Waals surface area (Å²) in [6.45, 7) is 2.82. The van der Waals surface area contributed by atoms with E-state index in [0.29, 0.717) is 22.5 Å². The van der Waals surface area contributed by atoms with Crippen LogP contribution in [0, 0.1) is 6.92 Å². The Labute approximate surface area is 203 Å². The number of hydrogen-bond acceptors (Lipinski definition) is 5. The molecule has 1 saturated heterocycles. The second-order valence-electron chi connectivity index (χ2n) is 8.31. The zero-order valence-corrected chi connectivity index (χ0v) is 19.9. The number of imide groups is 1. The maximum absolute atomic E-state index is 13.0. The molecular formula is C25H24N4O5S. The van der Waals surface area contributed by atoms with Crippen LogP contribution >= 0.6 is 0 Å². The van der Waals surface area contributed by atoms with Crippen molar-refractivity contribution >= 4 is 39.2 Å². The van der Waals surface area contributed by atoms with Crippen molar-refractivity contribution in [1.82, 2.24) is 10.2 Å². The van der Waals surface area contributed by atoms with Crippen LogP contribution in [-0.4, -0.2) is 37.7 Å². The van der Waals surface area contributed by atoms with Crippen molar-refractivity contribution < 1.29 is 22.8 Å². The molecule has 3 aromatic carbocycles. The first-order valence-electron chi connectivity index (χ1n) is 10.8. The van der Waals surface area contributed by atoms with Gasteiger partial charge in [-0.3, -0.25) is 19.2 Å². The van der Waals surface area contributed by atoms with Crippen LogP contribution < -0.4 is 15.4 Å². The molecule has 0 aliphatic carbocycles. The number of aryl methyl sites for hydroxylation is 1. The van der Waals surface area contributed by atoms with Crippen molar-refractivity contribution in [2.75, 3.05) is 16.6 Å². The van der Waals surface area contributed by atoms with E-state index in [1.54, 1.807) is 74.5 Å². The minimum atomic E-state index is -3.82. The Morgan fingerprint density at radius 3 is 2.26 bits per heavy atom. The van der Waals surface area contributed by atoms with Crippen LogP contribution in [-0.2, 0) is 25.2 Å². The number of sulfonamides is 1. The maximum Gasteiger partial charge on any atom is 0.325 e. The molecule has 1 aliphatic rings. The SMILES string of the molecule is Cc1ccc(NC(=O)CN2C(=O)NC(C)(c3ccccc3)C2=O)cc1NS(=O)(=O)c1ccccc1. The molecule has 1 aliphatic heterocycles. The molecule has 4 rings (SSSR count). The minimum Gasteiger partial charge on any atom is -0.324 e. The number of carbonyl (C=O) groups excluding carboxylic acids is 3. The Morgan fingerprint density at radius 1 is 0.971 bits per heavy atom. The number of anilines is 2. The Balaban J connectivity index is 1.47. The molecule has 0 saturated carbocycles. The first kappa shape index (κ1) is 24.0. The largest absolute Gasteiger partial charge is 0.325 e. The highest BCUT2D eigenvalue weighted by molar-refractivity contribution is 7.92. The summed E-state index contributed by atoms with van der Waals surface area (Å²) in [5.74, 6) is -1.14. The van der Waals surface area contributed by atoms with Crippen LogP contribution in [0.5, 0.6) is 0 Å². The molecule has 1 atom stereocenters. The van der Waals surface area contributed by atoms with E-state index in [1.807, 2.05) is 0 Å². The van der Waals surface area contributed by atoms with Crippen LogP contribution in [0.15, 0.2) is 83.8 Å². The fourth-order valence-corrected chi connectivity index (χ4v) is 4.91. The molecule has 1 heterocycles. The van der Waals surface area contributed by atoms with Gasteiger partial charge in [0.05, 0.1) is 10.6 Å². The van der Waals surface area contributed by atoms with Gasteiger partial charge in [0.15, 0.2) is 0 Å². The monoisotopic (exact) mass is 492 g/mol. The Hall–Kier alpha value is -4.18. The maximum atomic E-state index is 13.0. The number of nitrogens with one attached hydrogen (secondary N) is 3. The highest BCUT2D eigenvalue weighted by Crippen LogP contribution is 2.29. The number of rotatable bonds is 7. The van der Waals surface area contributed by atoms with E-state index < -0.39 is 40.0 Å². The van der Waals surface area contributed by atoms with Crippen LogP contribution in [0.3, 0.4) is 0 Å². The standard InChI is InChI=1S/C25H24N4O5S/c1-17-13-14-19(15-21(17)28-35(33,34)20-11-7-4-8-12-20)26-22(30)16-29-23(31)25(2,27-24(29)32)18-9-5-3-6-10-18/h3-15,28H,16H2,1-2H3,(H,26,30)(H,27,32). The Kier molecular flexibility index (Phi) is 6.31. The minimum absolute atomic E-state index is 0.105. The molecule has 0 spiro atoms. The van der Waals surface area contributed by atoms with Gasteiger partial charge in [-0.2, -0.15) is 0 Å². The van der Waals surface area contributed by atoms with Crippen LogP contribution in [0.25, 0.3) is 0 Å². The van der Waals surface area contributed by atoms with Gasteiger partial charge in [0.2, 0.25) is 5.91 Å². The van der Waals surface area contributed by atoms with Crippen molar-refractivity contribution in [2.45, 2.75) is 24.3 Å². The highest BCUT2D eigenvalue weighted by atomic mass is 32.2. The Bertz CT molecular complexity index is 1390. The van der Waals surface area contributed by atoms with Crippen molar-refractivity contribution in [2.24, 2.45) is 0 Å². The molecule has 35 heavy (non-hydrogen) atoms. The zero-order valence-electron chi connectivity index (χ0n) is 19.1. The van der Waals surface area contributed by atoms with E-state index in [4.69, 9.17) is 0 Å². The molecule has 0 bridgehead atoms. The van der Waals surface area contributed by atoms with E-state index in [1.165, 1.54) is 18.2 Å². The molecule has 0 aromatic heterocycles. The molecule has 1 unspecified atom stereocenters. The van der Waals surface area contributed by atoms with Gasteiger partial charge < -0.3 is 10.6 Å². The molecule has 9 nitrogen and oxygen atoms in total. The fraction of sp³-hybridized carbons (Fsp3) is 0.160. The molecule has 180 valence electrons. The lowest BCUT2D eigenvalue weighted by Crippen LogP contribution is -2.42. The second kappa shape index (κ2) is 9.22. The van der Waals surface area contributed by atoms with E-state index in [9.17, 15) is 22.8 Å². The third kappa shape index (κ3) is 4.87. The Morgan fingerprint density at radius 2 is 1.60 bits per heavy atom. The third-order valence-electron chi connectivity index (χ3n) is 5.75. The quantitative estimate of drug-likeness (QED) is 0.437. The lowest BCUT2D eigenvalue weighted by atomic mass is 9.92. The first-order valence-corrected chi connectivity index (χ1v) is 12.3. The third-order valence-corrected chi connectivity index (χ3v) is 7.13. The first-order chi connectivity index (χ1) is 16.6. The normalized spacial score (nSPS) is 17.7. The van der Waals surface area contributed by atoms with Crippen LogP contribution in [0.2, 0.25) is 0 Å². The van der Waals surface area contributed by atoms with E-state index in [2.05, 4.69) is 15.4 Å². The molecule has 10 heteroatoms. The molecule has 4 amide bonds. The molecular weight excluding hydrogens is 468 g/mol. The lowest BCUT2D eigenvalue weighted by molar-refractivity contribution is -0.133. The average Bonchev–Trinajstić information content (AvgIpc) is 3.06. The summed E-state index contributed by atoms with van der Waals surface area (Å²) in [5.41, 5.74) is 0.582. The van der Waals surface area contributed by atoms with Gasteiger partial charge >= 0.3 is 6.03 Å². The summed E-state index contributed by atoms with van der Waals surface area (Å²) in [4.78, 5) is 39.1. The van der Waals surface area contributed by atoms with Crippen molar-refractivity contribution in [3.05, 3.63) is 90.0 Å². The number of carbonyl (C=O) groups is 3. The van der Waals surface area contributed by atoms with Crippen molar-refractivity contribution in [1.29, 1.82) is 0 Å². The summed E-state index contributed by atoms with van der Waals surface area (Å²) >= 11 is 0. The van der Waals surface area contributed by atoms with E-state index in [0.717, 1.165) is 4.90 Å². The van der Waals surface area contributed by atoms with Crippen molar-refractivity contribution in [3.63, 3.8) is 0 Å². The smallest absolute Gasteiger partial charge is 0.324 e. The molecule has 3 N–H and O–H groups in total. The fourth-order valence-electron chi connectivity index (χ4n) is 3.76. The zero-order chi connectivity index (χ0) is 25.2. The summed E-state index contributed by atoms with van der Waals surface area (Å²) in [6.07, 6.45) is 0. The van der Waals surface area contributed by atoms with Gasteiger partial charge in [0.25, 0.3) is 15.9 Å². The second-order valence-corrected chi connectivity index (χ2v) is 9.99. The van der Waals surface area contributed by atoms with Gasteiger partial charge in [-0.05, 0) is 49.2 Å². The summed E-state index contributed by atoms with van der Waals surface area (Å²) in [5, 5.41) is 5.28. The van der Waals surface area contributed by atoms with Crippen molar-refractivity contribution in [3.8, 4) is 0 Å². The molecule has 1 fully saturated rings. The number of urea groups is 1. The average molecular weight is 493 g/mol. The summed E-state index contributed by atoms with van der Waals surface area (Å²) in [6, 6.07) is 20.8. The predicted octanol–water partition coefficient (Wildman–Crippen LogP) is 3.20. The number of amides is 4. The van der Waals surface area contributed by atoms with Gasteiger partial charge in [0.1, 0.15) is 12.1 Å². The number of nitrogens with zero attached hydrogens (tertiary/aromatic N) is 1. The summed E-state index contributed by atoms with van der Waals surface area (Å²) in [7, 11) is -3.82. The lowest BCUT2D eigenvalue weighted by Gasteiger charge is -2.22. The van der Waals surface area contributed by atoms with E-state index >= 15 is 0 Å². The number of benzene rings is 3. The van der Waals surface area contributed by atoms with E-state index in [-0.39, 0.29) is 4.90 Å². The topological polar surface area (TPSA) is 125 Å². The van der Waals surface area contributed by atoms with Gasteiger partial charge in [-0.15, -0.1) is 0 Å². The van der Waals surface area contributed by atoms with Gasteiger partial charge in [-0.25, -0.2) is 13.2 Å². The molecule has 0 radical (unpaired) electrons. The molecule has 3 aromatic rings.